The monoisotopic (exact) mass is 313 g/mol. The van der Waals surface area contributed by atoms with E-state index in [1.165, 1.54) is 5.56 Å². The second-order valence-electron chi connectivity index (χ2n) is 6.45. The lowest BCUT2D eigenvalue weighted by Crippen LogP contribution is -2.39. The Balaban J connectivity index is 1.64. The highest BCUT2D eigenvalue weighted by Gasteiger charge is 2.38. The summed E-state index contributed by atoms with van der Waals surface area (Å²) in [6.45, 7) is 7.45. The minimum Gasteiger partial charge on any atom is -0.491 e. The van der Waals surface area contributed by atoms with Crippen molar-refractivity contribution in [3.05, 3.63) is 47.3 Å². The lowest BCUT2D eigenvalue weighted by Gasteiger charge is -2.24. The van der Waals surface area contributed by atoms with E-state index >= 15 is 0 Å². The third kappa shape index (κ3) is 3.79. The summed E-state index contributed by atoms with van der Waals surface area (Å²) in [6, 6.07) is 9.82. The Morgan fingerprint density at radius 3 is 2.43 bits per heavy atom. The molecule has 0 amide bonds. The molecule has 1 fully saturated rings. The number of β-amino-alcohol motifs (C(OH)–C–C–N with tert-alkyl or cyclic N) is 1. The molecule has 122 valence electrons. The molecule has 1 aliphatic rings. The molecule has 3 rings (SSSR count). The van der Waals surface area contributed by atoms with Crippen LogP contribution < -0.4 is 9.64 Å². The number of benzene rings is 1. The number of aromatic nitrogens is 2. The molecule has 0 unspecified atom stereocenters. The van der Waals surface area contributed by atoms with Gasteiger partial charge in [0.25, 0.3) is 0 Å². The molecule has 0 spiro atoms. The van der Waals surface area contributed by atoms with E-state index in [0.717, 1.165) is 23.7 Å². The van der Waals surface area contributed by atoms with Crippen LogP contribution >= 0.6 is 0 Å². The summed E-state index contributed by atoms with van der Waals surface area (Å²) in [4.78, 5) is 11.0. The molecule has 23 heavy (non-hydrogen) atoms. The molecular formula is C18H23N3O2. The van der Waals surface area contributed by atoms with E-state index in [9.17, 15) is 5.11 Å². The maximum atomic E-state index is 10.8. The zero-order valence-electron chi connectivity index (χ0n) is 13.9. The molecule has 1 aromatic carbocycles. The molecule has 5 heteroatoms. The van der Waals surface area contributed by atoms with Crippen molar-refractivity contribution in [3.8, 4) is 5.75 Å². The van der Waals surface area contributed by atoms with Gasteiger partial charge in [-0.2, -0.15) is 0 Å². The first-order chi connectivity index (χ1) is 10.9. The second kappa shape index (κ2) is 6.16. The number of hydrogen-bond acceptors (Lipinski definition) is 5. The Bertz CT molecular complexity index is 667. The van der Waals surface area contributed by atoms with Crippen molar-refractivity contribution >= 4 is 5.95 Å². The van der Waals surface area contributed by atoms with Gasteiger partial charge in [-0.3, -0.25) is 0 Å². The van der Waals surface area contributed by atoms with Crippen molar-refractivity contribution in [2.45, 2.75) is 32.8 Å². The van der Waals surface area contributed by atoms with Gasteiger partial charge in [-0.1, -0.05) is 17.7 Å². The van der Waals surface area contributed by atoms with Crippen LogP contribution in [0.25, 0.3) is 0 Å². The minimum absolute atomic E-state index is 0.275. The Hall–Kier alpha value is -2.14. The SMILES string of the molecule is Cc1ccc(OC[C@]2(O)CCN(c3nc(C)cc(C)n3)C2)cc1. The summed E-state index contributed by atoms with van der Waals surface area (Å²) in [5.74, 6) is 1.47. The van der Waals surface area contributed by atoms with Crippen molar-refractivity contribution < 1.29 is 9.84 Å². The smallest absolute Gasteiger partial charge is 0.225 e. The van der Waals surface area contributed by atoms with E-state index in [1.54, 1.807) is 0 Å². The molecule has 1 N–H and O–H groups in total. The second-order valence-corrected chi connectivity index (χ2v) is 6.45. The fourth-order valence-corrected chi connectivity index (χ4v) is 2.85. The van der Waals surface area contributed by atoms with Gasteiger partial charge in [-0.05, 0) is 45.4 Å². The molecular weight excluding hydrogens is 290 g/mol. The van der Waals surface area contributed by atoms with Crippen LogP contribution in [-0.2, 0) is 0 Å². The van der Waals surface area contributed by atoms with Crippen LogP contribution in [0.4, 0.5) is 5.95 Å². The van der Waals surface area contributed by atoms with Gasteiger partial charge in [-0.15, -0.1) is 0 Å². The van der Waals surface area contributed by atoms with E-state index in [4.69, 9.17) is 4.74 Å². The van der Waals surface area contributed by atoms with Gasteiger partial charge < -0.3 is 14.7 Å². The normalized spacial score (nSPS) is 20.8. The van der Waals surface area contributed by atoms with E-state index in [1.807, 2.05) is 56.0 Å². The van der Waals surface area contributed by atoms with Gasteiger partial charge in [0.15, 0.2) is 0 Å². The van der Waals surface area contributed by atoms with Crippen molar-refractivity contribution in [3.63, 3.8) is 0 Å². The molecule has 1 aliphatic heterocycles. The molecule has 1 atom stereocenters. The summed E-state index contributed by atoms with van der Waals surface area (Å²) in [6.07, 6.45) is 0.648. The van der Waals surface area contributed by atoms with Crippen molar-refractivity contribution in [1.29, 1.82) is 0 Å². The molecule has 0 bridgehead atoms. The lowest BCUT2D eigenvalue weighted by atomic mass is 10.1. The molecule has 1 saturated heterocycles. The highest BCUT2D eigenvalue weighted by atomic mass is 16.5. The highest BCUT2D eigenvalue weighted by molar-refractivity contribution is 5.35. The number of rotatable bonds is 4. The van der Waals surface area contributed by atoms with Crippen LogP contribution in [0.5, 0.6) is 5.75 Å². The molecule has 2 heterocycles. The predicted octanol–water partition coefficient (Wildman–Crippen LogP) is 2.42. The van der Waals surface area contributed by atoms with Gasteiger partial charge in [0.2, 0.25) is 5.95 Å². The Morgan fingerprint density at radius 2 is 1.78 bits per heavy atom. The van der Waals surface area contributed by atoms with E-state index in [0.29, 0.717) is 18.9 Å². The Morgan fingerprint density at radius 1 is 1.13 bits per heavy atom. The van der Waals surface area contributed by atoms with E-state index in [2.05, 4.69) is 9.97 Å². The number of ether oxygens (including phenoxy) is 1. The fraction of sp³-hybridized carbons (Fsp3) is 0.444. The quantitative estimate of drug-likeness (QED) is 0.939. The summed E-state index contributed by atoms with van der Waals surface area (Å²) in [5.41, 5.74) is 2.21. The van der Waals surface area contributed by atoms with Crippen LogP contribution in [0, 0.1) is 20.8 Å². The summed E-state index contributed by atoms with van der Waals surface area (Å²) in [7, 11) is 0. The van der Waals surface area contributed by atoms with E-state index in [-0.39, 0.29) is 6.61 Å². The van der Waals surface area contributed by atoms with Gasteiger partial charge in [0.1, 0.15) is 18.0 Å². The molecule has 2 aromatic rings. The molecule has 0 radical (unpaired) electrons. The third-order valence-electron chi connectivity index (χ3n) is 4.11. The Labute approximate surface area is 137 Å². The number of aliphatic hydroxyl groups is 1. The first-order valence-corrected chi connectivity index (χ1v) is 7.93. The molecule has 5 nitrogen and oxygen atoms in total. The van der Waals surface area contributed by atoms with Crippen LogP contribution in [0.2, 0.25) is 0 Å². The van der Waals surface area contributed by atoms with Crippen LogP contribution in [-0.4, -0.2) is 40.4 Å². The van der Waals surface area contributed by atoms with Crippen LogP contribution in [0.1, 0.15) is 23.4 Å². The van der Waals surface area contributed by atoms with Gasteiger partial charge in [0, 0.05) is 17.9 Å². The first-order valence-electron chi connectivity index (χ1n) is 7.93. The number of aryl methyl sites for hydroxylation is 3. The molecule has 0 saturated carbocycles. The zero-order valence-corrected chi connectivity index (χ0v) is 13.9. The average Bonchev–Trinajstić information content (AvgIpc) is 2.89. The van der Waals surface area contributed by atoms with Gasteiger partial charge >= 0.3 is 0 Å². The number of hydrogen-bond donors (Lipinski definition) is 1. The van der Waals surface area contributed by atoms with Crippen molar-refractivity contribution in [2.24, 2.45) is 0 Å². The lowest BCUT2D eigenvalue weighted by molar-refractivity contribution is 0.0144. The third-order valence-corrected chi connectivity index (χ3v) is 4.11. The van der Waals surface area contributed by atoms with Crippen molar-refractivity contribution in [1.82, 2.24) is 9.97 Å². The fourth-order valence-electron chi connectivity index (χ4n) is 2.85. The summed E-state index contributed by atoms with van der Waals surface area (Å²) in [5, 5.41) is 10.8. The minimum atomic E-state index is -0.869. The van der Waals surface area contributed by atoms with Crippen molar-refractivity contribution in [2.75, 3.05) is 24.6 Å². The summed E-state index contributed by atoms with van der Waals surface area (Å²) >= 11 is 0. The summed E-state index contributed by atoms with van der Waals surface area (Å²) < 4.78 is 5.76. The molecule has 1 aromatic heterocycles. The maximum Gasteiger partial charge on any atom is 0.225 e. The molecule has 0 aliphatic carbocycles. The maximum absolute atomic E-state index is 10.8. The van der Waals surface area contributed by atoms with Gasteiger partial charge in [0.05, 0.1) is 6.54 Å². The average molecular weight is 313 g/mol. The zero-order chi connectivity index (χ0) is 16.4. The largest absolute Gasteiger partial charge is 0.491 e. The van der Waals surface area contributed by atoms with Crippen LogP contribution in [0.3, 0.4) is 0 Å². The topological polar surface area (TPSA) is 58.5 Å². The standard InChI is InChI=1S/C18H23N3O2/c1-13-4-6-16(7-5-13)23-12-18(22)8-9-21(11-18)17-19-14(2)10-15(3)20-17/h4-7,10,22H,8-9,11-12H2,1-3H3/t18-/m0/s1. The predicted molar refractivity (Wildman–Crippen MR) is 90.0 cm³/mol. The van der Waals surface area contributed by atoms with Crippen LogP contribution in [0.15, 0.2) is 30.3 Å². The van der Waals surface area contributed by atoms with Gasteiger partial charge in [-0.25, -0.2) is 9.97 Å². The van der Waals surface area contributed by atoms with E-state index < -0.39 is 5.60 Å². The highest BCUT2D eigenvalue weighted by Crippen LogP contribution is 2.26. The first kappa shape index (κ1) is 15.7. The Kier molecular flexibility index (Phi) is 4.22. The number of nitrogens with zero attached hydrogens (tertiary/aromatic N) is 3. The number of anilines is 1.